The second kappa shape index (κ2) is 8.23. The molecule has 2 amide bonds. The molecule has 0 aliphatic carbocycles. The number of nitrogens with zero attached hydrogens (tertiary/aromatic N) is 1. The van der Waals surface area contributed by atoms with Crippen molar-refractivity contribution in [3.8, 4) is 17.2 Å². The minimum absolute atomic E-state index is 0.175. The fraction of sp³-hybridized carbons (Fsp3) is 0.154. The van der Waals surface area contributed by atoms with Crippen LogP contribution in [0.5, 0.6) is 17.2 Å². The highest BCUT2D eigenvalue weighted by atomic mass is 16.6. The van der Waals surface area contributed by atoms with E-state index in [-0.39, 0.29) is 18.4 Å². The molecule has 0 N–H and O–H groups in total. The van der Waals surface area contributed by atoms with Crippen LogP contribution >= 0.6 is 0 Å². The lowest BCUT2D eigenvalue weighted by Crippen LogP contribution is -2.41. The van der Waals surface area contributed by atoms with Gasteiger partial charge in [-0.2, -0.15) is 0 Å². The van der Waals surface area contributed by atoms with E-state index >= 15 is 0 Å². The summed E-state index contributed by atoms with van der Waals surface area (Å²) >= 11 is 0. The number of carbonyl (C=O) groups is 2. The molecule has 32 heavy (non-hydrogen) atoms. The van der Waals surface area contributed by atoms with E-state index in [1.54, 1.807) is 31.4 Å². The van der Waals surface area contributed by atoms with Crippen molar-refractivity contribution < 1.29 is 23.8 Å². The van der Waals surface area contributed by atoms with Crippen LogP contribution in [0.15, 0.2) is 66.7 Å². The Balaban J connectivity index is 1.54. The summed E-state index contributed by atoms with van der Waals surface area (Å²) in [7, 11) is 1.60. The van der Waals surface area contributed by atoms with E-state index in [0.717, 1.165) is 16.9 Å². The SMILES string of the molecule is COc1ccc(CN2C(=O)/C(=C/c3ccc4c(c3)OCCO4)c3ccccc3C2=O)cc1. The van der Waals surface area contributed by atoms with Crippen molar-refractivity contribution in [2.24, 2.45) is 0 Å². The summed E-state index contributed by atoms with van der Waals surface area (Å²) in [5.41, 5.74) is 3.23. The van der Waals surface area contributed by atoms with Crippen molar-refractivity contribution in [2.45, 2.75) is 6.54 Å². The van der Waals surface area contributed by atoms with E-state index in [9.17, 15) is 9.59 Å². The van der Waals surface area contributed by atoms with Gasteiger partial charge in [0.05, 0.1) is 13.7 Å². The lowest BCUT2D eigenvalue weighted by atomic mass is 9.91. The van der Waals surface area contributed by atoms with E-state index in [4.69, 9.17) is 14.2 Å². The molecular formula is C26H21NO5. The highest BCUT2D eigenvalue weighted by molar-refractivity contribution is 6.33. The molecule has 0 bridgehead atoms. The molecule has 2 aliphatic rings. The number of benzene rings is 3. The van der Waals surface area contributed by atoms with Gasteiger partial charge in [0.25, 0.3) is 11.8 Å². The maximum absolute atomic E-state index is 13.5. The number of ether oxygens (including phenoxy) is 3. The molecule has 6 heteroatoms. The maximum Gasteiger partial charge on any atom is 0.261 e. The first-order valence-corrected chi connectivity index (χ1v) is 10.3. The van der Waals surface area contributed by atoms with Crippen LogP contribution in [0, 0.1) is 0 Å². The third-order valence-corrected chi connectivity index (χ3v) is 5.55. The van der Waals surface area contributed by atoms with Crippen LogP contribution in [-0.2, 0) is 11.3 Å². The summed E-state index contributed by atoms with van der Waals surface area (Å²) in [6, 6.07) is 20.1. The first kappa shape index (κ1) is 19.9. The molecule has 0 saturated heterocycles. The molecule has 0 atom stereocenters. The fourth-order valence-electron chi connectivity index (χ4n) is 3.92. The van der Waals surface area contributed by atoms with Gasteiger partial charge in [0.15, 0.2) is 11.5 Å². The lowest BCUT2D eigenvalue weighted by molar-refractivity contribution is -0.123. The van der Waals surface area contributed by atoms with Gasteiger partial charge >= 0.3 is 0 Å². The topological polar surface area (TPSA) is 65.1 Å². The number of carbonyl (C=O) groups excluding carboxylic acids is 2. The molecule has 3 aromatic rings. The predicted octanol–water partition coefficient (Wildman–Crippen LogP) is 4.19. The summed E-state index contributed by atoms with van der Waals surface area (Å²) in [4.78, 5) is 27.9. The molecule has 0 unspecified atom stereocenters. The van der Waals surface area contributed by atoms with Crippen LogP contribution in [0.3, 0.4) is 0 Å². The number of amides is 2. The third kappa shape index (κ3) is 3.60. The van der Waals surface area contributed by atoms with Crippen LogP contribution in [0.2, 0.25) is 0 Å². The van der Waals surface area contributed by atoms with Crippen molar-refractivity contribution in [1.29, 1.82) is 0 Å². The second-order valence-electron chi connectivity index (χ2n) is 7.55. The highest BCUT2D eigenvalue weighted by Gasteiger charge is 2.34. The fourth-order valence-corrected chi connectivity index (χ4v) is 3.92. The summed E-state index contributed by atoms with van der Waals surface area (Å²) in [6.07, 6.45) is 1.80. The molecular weight excluding hydrogens is 406 g/mol. The van der Waals surface area contributed by atoms with Gasteiger partial charge in [0, 0.05) is 11.1 Å². The summed E-state index contributed by atoms with van der Waals surface area (Å²) in [5.74, 6) is 1.41. The van der Waals surface area contributed by atoms with Crippen LogP contribution in [0.25, 0.3) is 11.6 Å². The smallest absolute Gasteiger partial charge is 0.261 e. The average Bonchev–Trinajstić information content (AvgIpc) is 2.84. The molecule has 2 heterocycles. The Morgan fingerprint density at radius 3 is 2.34 bits per heavy atom. The zero-order chi connectivity index (χ0) is 22.1. The van der Waals surface area contributed by atoms with Gasteiger partial charge in [0.2, 0.25) is 0 Å². The Morgan fingerprint density at radius 1 is 0.875 bits per heavy atom. The van der Waals surface area contributed by atoms with E-state index in [2.05, 4.69) is 0 Å². The van der Waals surface area contributed by atoms with Gasteiger partial charge in [0.1, 0.15) is 19.0 Å². The van der Waals surface area contributed by atoms with Gasteiger partial charge in [-0.15, -0.1) is 0 Å². The lowest BCUT2D eigenvalue weighted by Gasteiger charge is -2.29. The molecule has 0 radical (unpaired) electrons. The van der Waals surface area contributed by atoms with E-state index in [1.807, 2.05) is 48.5 Å². The summed E-state index contributed by atoms with van der Waals surface area (Å²) in [5, 5.41) is 0. The molecule has 2 aliphatic heterocycles. The monoisotopic (exact) mass is 427 g/mol. The Bertz CT molecular complexity index is 1230. The Labute approximate surface area is 185 Å². The van der Waals surface area contributed by atoms with Crippen LogP contribution in [0.4, 0.5) is 0 Å². The largest absolute Gasteiger partial charge is 0.497 e. The number of hydrogen-bond donors (Lipinski definition) is 0. The minimum atomic E-state index is -0.334. The quantitative estimate of drug-likeness (QED) is 0.462. The van der Waals surface area contributed by atoms with Crippen molar-refractivity contribution >= 4 is 23.5 Å². The van der Waals surface area contributed by atoms with Crippen LogP contribution < -0.4 is 14.2 Å². The molecule has 3 aromatic carbocycles. The first-order valence-electron chi connectivity index (χ1n) is 10.3. The van der Waals surface area contributed by atoms with E-state index in [0.29, 0.717) is 41.4 Å². The highest BCUT2D eigenvalue weighted by Crippen LogP contribution is 2.35. The standard InChI is InChI=1S/C26H21NO5/c1-30-19-9-6-17(7-10-19)16-27-25(28)21-5-3-2-4-20(21)22(26(27)29)14-18-8-11-23-24(15-18)32-13-12-31-23/h2-11,14-15H,12-13,16H2,1H3/b22-14+. The van der Waals surface area contributed by atoms with Gasteiger partial charge in [-0.25, -0.2) is 0 Å². The molecule has 0 aromatic heterocycles. The average molecular weight is 427 g/mol. The molecule has 6 nitrogen and oxygen atoms in total. The number of methoxy groups -OCH3 is 1. The first-order chi connectivity index (χ1) is 15.6. The van der Waals surface area contributed by atoms with Crippen LogP contribution in [0.1, 0.15) is 27.0 Å². The van der Waals surface area contributed by atoms with E-state index < -0.39 is 0 Å². The predicted molar refractivity (Wildman–Crippen MR) is 120 cm³/mol. The van der Waals surface area contributed by atoms with Crippen LogP contribution in [-0.4, -0.2) is 37.0 Å². The Hall–Kier alpha value is -4.06. The maximum atomic E-state index is 13.5. The van der Waals surface area contributed by atoms with Crippen molar-refractivity contribution in [2.75, 3.05) is 20.3 Å². The van der Waals surface area contributed by atoms with Crippen molar-refractivity contribution in [3.63, 3.8) is 0 Å². The van der Waals surface area contributed by atoms with Gasteiger partial charge in [-0.05, 0) is 53.1 Å². The Morgan fingerprint density at radius 2 is 1.59 bits per heavy atom. The zero-order valence-electron chi connectivity index (χ0n) is 17.5. The normalized spacial score (nSPS) is 16.2. The van der Waals surface area contributed by atoms with Crippen molar-refractivity contribution in [3.05, 3.63) is 89.0 Å². The van der Waals surface area contributed by atoms with Gasteiger partial charge in [-0.3, -0.25) is 14.5 Å². The Kier molecular flexibility index (Phi) is 5.11. The number of rotatable bonds is 4. The van der Waals surface area contributed by atoms with Crippen molar-refractivity contribution in [1.82, 2.24) is 4.90 Å². The zero-order valence-corrected chi connectivity index (χ0v) is 17.5. The molecule has 5 rings (SSSR count). The number of hydrogen-bond acceptors (Lipinski definition) is 5. The summed E-state index contributed by atoms with van der Waals surface area (Å²) in [6.45, 7) is 1.18. The van der Waals surface area contributed by atoms with E-state index in [1.165, 1.54) is 4.90 Å². The molecule has 0 spiro atoms. The molecule has 160 valence electrons. The molecule has 0 fully saturated rings. The number of imide groups is 1. The third-order valence-electron chi connectivity index (χ3n) is 5.55. The van der Waals surface area contributed by atoms with Gasteiger partial charge < -0.3 is 14.2 Å². The van der Waals surface area contributed by atoms with Gasteiger partial charge in [-0.1, -0.05) is 36.4 Å². The summed E-state index contributed by atoms with van der Waals surface area (Å²) < 4.78 is 16.5. The number of fused-ring (bicyclic) bond motifs is 2. The second-order valence-corrected chi connectivity index (χ2v) is 7.55. The molecule has 0 saturated carbocycles. The minimum Gasteiger partial charge on any atom is -0.497 e.